The van der Waals surface area contributed by atoms with Gasteiger partial charge >= 0.3 is 6.01 Å². The molecule has 5 heterocycles. The van der Waals surface area contributed by atoms with Crippen molar-refractivity contribution in [2.75, 3.05) is 36.5 Å². The minimum Gasteiger partial charge on any atom is -0.458 e. The van der Waals surface area contributed by atoms with E-state index in [2.05, 4.69) is 44.3 Å². The number of piperazine rings is 1. The highest BCUT2D eigenvalue weighted by molar-refractivity contribution is 6.13. The Bertz CT molecular complexity index is 1510. The molecule has 2 fully saturated rings. The van der Waals surface area contributed by atoms with Gasteiger partial charge in [-0.3, -0.25) is 4.79 Å². The topological polar surface area (TPSA) is 106 Å². The van der Waals surface area contributed by atoms with Crippen molar-refractivity contribution >= 4 is 33.8 Å². The molecule has 4 aromatic rings. The Morgan fingerprint density at radius 3 is 2.79 bits per heavy atom. The third-order valence-electron chi connectivity index (χ3n) is 6.89. The second-order valence-electron chi connectivity index (χ2n) is 10.2. The van der Waals surface area contributed by atoms with Crippen LogP contribution >= 0.6 is 0 Å². The van der Waals surface area contributed by atoms with Crippen LogP contribution in [0, 0.1) is 12.7 Å². The van der Waals surface area contributed by atoms with Gasteiger partial charge in [0.25, 0.3) is 5.91 Å². The Hall–Kier alpha value is -3.83. The van der Waals surface area contributed by atoms with Crippen LogP contribution in [0.25, 0.3) is 16.6 Å². The molecule has 2 N–H and O–H groups in total. The molecule has 3 aromatic heterocycles. The maximum atomic E-state index is 14.6. The zero-order valence-corrected chi connectivity index (χ0v) is 21.6. The second-order valence-corrected chi connectivity index (χ2v) is 10.2. The number of pyridine rings is 1. The van der Waals surface area contributed by atoms with Crippen LogP contribution in [-0.4, -0.2) is 69.8 Å². The van der Waals surface area contributed by atoms with Crippen molar-refractivity contribution in [3.05, 3.63) is 53.9 Å². The van der Waals surface area contributed by atoms with E-state index in [-0.39, 0.29) is 17.8 Å². The second kappa shape index (κ2) is 9.80. The molecular formula is C27H30FN7O3. The molecule has 6 rings (SSSR count). The van der Waals surface area contributed by atoms with Crippen LogP contribution in [0.4, 0.5) is 15.8 Å². The summed E-state index contributed by atoms with van der Waals surface area (Å²) in [6.07, 6.45) is 5.69. The molecule has 0 bridgehead atoms. The van der Waals surface area contributed by atoms with Crippen LogP contribution in [0.3, 0.4) is 0 Å². The average molecular weight is 520 g/mol. The van der Waals surface area contributed by atoms with E-state index in [1.165, 1.54) is 6.07 Å². The number of imidazole rings is 1. The summed E-state index contributed by atoms with van der Waals surface area (Å²) in [5.41, 5.74) is 2.98. The lowest BCUT2D eigenvalue weighted by Gasteiger charge is -2.38. The number of nitrogens with zero attached hydrogens (tertiary/aromatic N) is 5. The van der Waals surface area contributed by atoms with Gasteiger partial charge in [0, 0.05) is 67.3 Å². The summed E-state index contributed by atoms with van der Waals surface area (Å²) in [6, 6.07) is 5.76. The molecule has 2 aliphatic heterocycles. The number of amides is 1. The number of carbonyl (C=O) groups excluding carboxylic acids is 1. The third-order valence-corrected chi connectivity index (χ3v) is 6.89. The fourth-order valence-electron chi connectivity index (χ4n) is 5.33. The Morgan fingerprint density at radius 1 is 1.21 bits per heavy atom. The van der Waals surface area contributed by atoms with E-state index in [1.54, 1.807) is 36.0 Å². The summed E-state index contributed by atoms with van der Waals surface area (Å²) in [5, 5.41) is 7.12. The van der Waals surface area contributed by atoms with E-state index >= 15 is 0 Å². The molecule has 3 atom stereocenters. The summed E-state index contributed by atoms with van der Waals surface area (Å²) in [4.78, 5) is 29.1. The van der Waals surface area contributed by atoms with Crippen LogP contribution < -0.4 is 20.3 Å². The van der Waals surface area contributed by atoms with Crippen LogP contribution in [-0.2, 0) is 4.74 Å². The predicted octanol–water partition coefficient (Wildman–Crippen LogP) is 3.33. The number of fused-ring (bicyclic) bond motifs is 2. The number of benzene rings is 1. The van der Waals surface area contributed by atoms with Crippen molar-refractivity contribution < 1.29 is 18.7 Å². The zero-order valence-electron chi connectivity index (χ0n) is 21.6. The van der Waals surface area contributed by atoms with Crippen molar-refractivity contribution in [3.8, 4) is 6.01 Å². The monoisotopic (exact) mass is 519 g/mol. The van der Waals surface area contributed by atoms with E-state index in [1.807, 2.05) is 6.07 Å². The number of rotatable bonds is 5. The molecule has 0 aliphatic carbocycles. The summed E-state index contributed by atoms with van der Waals surface area (Å²) in [6.45, 7) is 8.82. The molecule has 0 spiro atoms. The highest BCUT2D eigenvalue weighted by atomic mass is 19.1. The number of ether oxygens (including phenoxy) is 2. The van der Waals surface area contributed by atoms with Gasteiger partial charge in [0.2, 0.25) is 0 Å². The molecule has 38 heavy (non-hydrogen) atoms. The summed E-state index contributed by atoms with van der Waals surface area (Å²) in [5.74, 6) is -0.928. The summed E-state index contributed by atoms with van der Waals surface area (Å²) >= 11 is 0. The SMILES string of the molecule is Cc1cn2cc(NC(=O)c3ccc(N4C[C@H](C)N[C@@H](C)C4)c4cnc(O[C@H]5CCOC5)nc34)cc(F)c2n1. The molecule has 10 nitrogen and oxygen atoms in total. The maximum absolute atomic E-state index is 14.6. The largest absolute Gasteiger partial charge is 0.458 e. The quantitative estimate of drug-likeness (QED) is 0.414. The number of anilines is 2. The van der Waals surface area contributed by atoms with Gasteiger partial charge in [-0.1, -0.05) is 0 Å². The Balaban J connectivity index is 1.38. The molecule has 1 aromatic carbocycles. The van der Waals surface area contributed by atoms with E-state index in [4.69, 9.17) is 9.47 Å². The first-order valence-electron chi connectivity index (χ1n) is 12.9. The Labute approximate surface area is 219 Å². The van der Waals surface area contributed by atoms with Gasteiger partial charge in [0.15, 0.2) is 11.5 Å². The fourth-order valence-corrected chi connectivity index (χ4v) is 5.33. The van der Waals surface area contributed by atoms with E-state index < -0.39 is 11.7 Å². The molecule has 11 heteroatoms. The van der Waals surface area contributed by atoms with E-state index in [9.17, 15) is 9.18 Å². The lowest BCUT2D eigenvalue weighted by Crippen LogP contribution is -2.54. The molecule has 2 aliphatic rings. The maximum Gasteiger partial charge on any atom is 0.317 e. The van der Waals surface area contributed by atoms with Gasteiger partial charge in [0.05, 0.1) is 35.7 Å². The first-order valence-corrected chi connectivity index (χ1v) is 12.9. The van der Waals surface area contributed by atoms with Crippen LogP contribution in [0.2, 0.25) is 0 Å². The van der Waals surface area contributed by atoms with E-state index in [0.717, 1.165) is 30.6 Å². The molecule has 0 unspecified atom stereocenters. The van der Waals surface area contributed by atoms with Gasteiger partial charge in [0.1, 0.15) is 6.10 Å². The first kappa shape index (κ1) is 24.5. The molecular weight excluding hydrogens is 489 g/mol. The lowest BCUT2D eigenvalue weighted by molar-refractivity contribution is 0.102. The van der Waals surface area contributed by atoms with Crippen molar-refractivity contribution in [2.24, 2.45) is 0 Å². The Morgan fingerprint density at radius 2 is 2.03 bits per heavy atom. The number of aromatic nitrogens is 4. The fraction of sp³-hybridized carbons (Fsp3) is 0.407. The number of aryl methyl sites for hydroxylation is 1. The number of nitrogens with one attached hydrogen (secondary N) is 2. The smallest absolute Gasteiger partial charge is 0.317 e. The number of carbonyl (C=O) groups is 1. The van der Waals surface area contributed by atoms with Crippen molar-refractivity contribution in [3.63, 3.8) is 0 Å². The van der Waals surface area contributed by atoms with Gasteiger partial charge in [-0.2, -0.15) is 4.98 Å². The summed E-state index contributed by atoms with van der Waals surface area (Å²) < 4.78 is 27.6. The van der Waals surface area contributed by atoms with Gasteiger partial charge in [-0.25, -0.2) is 14.4 Å². The molecule has 0 saturated carbocycles. The average Bonchev–Trinajstić information content (AvgIpc) is 3.51. The molecule has 2 saturated heterocycles. The minimum atomic E-state index is -0.519. The Kier molecular flexibility index (Phi) is 6.32. The van der Waals surface area contributed by atoms with Crippen LogP contribution in [0.15, 0.2) is 36.8 Å². The minimum absolute atomic E-state index is 0.129. The summed E-state index contributed by atoms with van der Waals surface area (Å²) in [7, 11) is 0. The molecule has 1 amide bonds. The third kappa shape index (κ3) is 4.74. The molecule has 0 radical (unpaired) electrons. The van der Waals surface area contributed by atoms with Crippen LogP contribution in [0.5, 0.6) is 6.01 Å². The number of hydrogen-bond acceptors (Lipinski definition) is 8. The van der Waals surface area contributed by atoms with Crippen LogP contribution in [0.1, 0.15) is 36.3 Å². The van der Waals surface area contributed by atoms with E-state index in [0.29, 0.717) is 47.8 Å². The number of halogens is 1. The number of hydrogen-bond donors (Lipinski definition) is 2. The van der Waals surface area contributed by atoms with Crippen molar-refractivity contribution in [1.82, 2.24) is 24.7 Å². The van der Waals surface area contributed by atoms with Gasteiger partial charge in [-0.05, 0) is 32.9 Å². The normalized spacial score (nSPS) is 21.8. The van der Waals surface area contributed by atoms with Gasteiger partial charge in [-0.15, -0.1) is 0 Å². The molecule has 198 valence electrons. The lowest BCUT2D eigenvalue weighted by atomic mass is 10.0. The van der Waals surface area contributed by atoms with Gasteiger partial charge < -0.3 is 29.4 Å². The van der Waals surface area contributed by atoms with Crippen molar-refractivity contribution in [2.45, 2.75) is 45.4 Å². The van der Waals surface area contributed by atoms with Crippen molar-refractivity contribution in [1.29, 1.82) is 0 Å². The highest BCUT2D eigenvalue weighted by Gasteiger charge is 2.26. The first-order chi connectivity index (χ1) is 18.3. The zero-order chi connectivity index (χ0) is 26.4. The predicted molar refractivity (Wildman–Crippen MR) is 142 cm³/mol. The standard InChI is InChI=1S/C27H30FN7O3/c1-15-10-34(11-16(2)30-15)23-5-4-20(24-21(23)9-29-27(33-24)38-19-6-7-37-14-19)26(36)32-18-8-22(28)25-31-17(3)12-35(25)13-18/h4-5,8-9,12-13,15-16,19,30H,6-7,10-11,14H2,1-3H3,(H,32,36)/t15-,16-,19-/m0/s1. The highest BCUT2D eigenvalue weighted by Crippen LogP contribution is 2.31.